The smallest absolute Gasteiger partial charge is 0.306 e. The van der Waals surface area contributed by atoms with Crippen LogP contribution in [-0.2, 0) is 19.1 Å². The number of aliphatic hydroxyl groups excluding tert-OH is 1. The molecule has 0 aromatic carbocycles. The minimum absolute atomic E-state index is 0.0790. The third-order valence-electron chi connectivity index (χ3n) is 7.67. The van der Waals surface area contributed by atoms with Gasteiger partial charge in [-0.3, -0.25) is 9.59 Å². The van der Waals surface area contributed by atoms with Crippen LogP contribution in [0.5, 0.6) is 0 Å². The van der Waals surface area contributed by atoms with Crippen LogP contribution in [-0.4, -0.2) is 36.4 Å². The van der Waals surface area contributed by atoms with Gasteiger partial charge in [0.2, 0.25) is 0 Å². The van der Waals surface area contributed by atoms with Crippen LogP contribution in [0.25, 0.3) is 0 Å². The Morgan fingerprint density at radius 2 is 1.00 bits per heavy atom. The Morgan fingerprint density at radius 3 is 1.52 bits per heavy atom. The Balaban J connectivity index is 3.60. The zero-order chi connectivity index (χ0) is 32.2. The van der Waals surface area contributed by atoms with Crippen molar-refractivity contribution in [2.24, 2.45) is 0 Å². The number of ether oxygens (including phenoxy) is 2. The highest BCUT2D eigenvalue weighted by Gasteiger charge is 2.16. The number of carbonyl (C=O) groups is 2. The lowest BCUT2D eigenvalue weighted by molar-refractivity contribution is -0.161. The van der Waals surface area contributed by atoms with Crippen molar-refractivity contribution in [1.82, 2.24) is 0 Å². The first-order valence-electron chi connectivity index (χ1n) is 18.2. The molecule has 1 N–H and O–H groups in total. The molecule has 1 atom stereocenters. The highest BCUT2D eigenvalue weighted by Crippen LogP contribution is 2.12. The number of esters is 2. The minimum Gasteiger partial charge on any atom is -0.462 e. The van der Waals surface area contributed by atoms with Crippen molar-refractivity contribution in [2.45, 2.75) is 174 Å². The number of carbonyl (C=O) groups excluding carboxylic acids is 2. The highest BCUT2D eigenvalue weighted by molar-refractivity contribution is 5.70. The second kappa shape index (κ2) is 35.3. The molecule has 0 bridgehead atoms. The van der Waals surface area contributed by atoms with Crippen LogP contribution in [0.15, 0.2) is 48.6 Å². The van der Waals surface area contributed by atoms with Crippen LogP contribution in [0.3, 0.4) is 0 Å². The zero-order valence-electron chi connectivity index (χ0n) is 28.7. The van der Waals surface area contributed by atoms with Crippen LogP contribution in [0.1, 0.15) is 168 Å². The van der Waals surface area contributed by atoms with Crippen molar-refractivity contribution >= 4 is 11.9 Å². The highest BCUT2D eigenvalue weighted by atomic mass is 16.6. The lowest BCUT2D eigenvalue weighted by Crippen LogP contribution is -2.28. The third-order valence-corrected chi connectivity index (χ3v) is 7.67. The fourth-order valence-electron chi connectivity index (χ4n) is 4.90. The predicted octanol–water partition coefficient (Wildman–Crippen LogP) is 11.1. The molecule has 254 valence electrons. The van der Waals surface area contributed by atoms with Crippen molar-refractivity contribution in [1.29, 1.82) is 0 Å². The van der Waals surface area contributed by atoms with Gasteiger partial charge in [0.1, 0.15) is 6.61 Å². The van der Waals surface area contributed by atoms with Crippen LogP contribution in [0.4, 0.5) is 0 Å². The van der Waals surface area contributed by atoms with E-state index < -0.39 is 6.10 Å². The molecule has 0 aliphatic heterocycles. The summed E-state index contributed by atoms with van der Waals surface area (Å²) in [6, 6.07) is 0. The lowest BCUT2D eigenvalue weighted by atomic mass is 10.1. The van der Waals surface area contributed by atoms with Crippen LogP contribution < -0.4 is 0 Å². The quantitative estimate of drug-likeness (QED) is 0.0352. The van der Waals surface area contributed by atoms with E-state index in [9.17, 15) is 14.7 Å². The molecule has 0 heterocycles. The Labute approximate surface area is 271 Å². The monoisotopic (exact) mass is 617 g/mol. The molecular formula is C39H68O5. The van der Waals surface area contributed by atoms with Gasteiger partial charge in [0.25, 0.3) is 0 Å². The third kappa shape index (κ3) is 32.8. The Kier molecular flexibility index (Phi) is 33.6. The predicted molar refractivity (Wildman–Crippen MR) is 187 cm³/mol. The normalized spacial score (nSPS) is 12.7. The van der Waals surface area contributed by atoms with Crippen molar-refractivity contribution in [2.75, 3.05) is 13.2 Å². The van der Waals surface area contributed by atoms with Gasteiger partial charge in [0.15, 0.2) is 6.10 Å². The van der Waals surface area contributed by atoms with Gasteiger partial charge < -0.3 is 14.6 Å². The molecule has 0 amide bonds. The summed E-state index contributed by atoms with van der Waals surface area (Å²) in [5, 5.41) is 9.52. The molecule has 0 saturated heterocycles. The second-order valence-electron chi connectivity index (χ2n) is 12.0. The van der Waals surface area contributed by atoms with E-state index >= 15 is 0 Å². The molecular weight excluding hydrogens is 548 g/mol. The SMILES string of the molecule is CC/C=C/C=C/C=C/CCCCCCCC(=O)OCC(CO)OC(=O)CCCCCCCCC/C=C/CCCCCCCC. The van der Waals surface area contributed by atoms with Crippen molar-refractivity contribution in [3.05, 3.63) is 48.6 Å². The molecule has 0 fully saturated rings. The van der Waals surface area contributed by atoms with Gasteiger partial charge in [-0.2, -0.15) is 0 Å². The summed E-state index contributed by atoms with van der Waals surface area (Å²) in [6.07, 6.45) is 43.1. The van der Waals surface area contributed by atoms with Crippen molar-refractivity contribution < 1.29 is 24.2 Å². The topological polar surface area (TPSA) is 72.8 Å². The molecule has 5 heteroatoms. The van der Waals surface area contributed by atoms with Gasteiger partial charge in [0.05, 0.1) is 6.61 Å². The Morgan fingerprint density at radius 1 is 0.545 bits per heavy atom. The van der Waals surface area contributed by atoms with Gasteiger partial charge in [-0.1, -0.05) is 146 Å². The molecule has 0 spiro atoms. The van der Waals surface area contributed by atoms with Gasteiger partial charge in [-0.05, 0) is 57.8 Å². The first-order chi connectivity index (χ1) is 21.6. The van der Waals surface area contributed by atoms with Gasteiger partial charge in [-0.15, -0.1) is 0 Å². The summed E-state index contributed by atoms with van der Waals surface area (Å²) in [6.45, 7) is 3.97. The molecule has 0 aromatic rings. The first kappa shape index (κ1) is 41.9. The molecule has 0 aromatic heterocycles. The maximum Gasteiger partial charge on any atom is 0.306 e. The molecule has 0 aliphatic rings. The van der Waals surface area contributed by atoms with Crippen LogP contribution >= 0.6 is 0 Å². The number of allylic oxidation sites excluding steroid dienone is 8. The Hall–Kier alpha value is -2.14. The standard InChI is InChI=1S/C39H68O5/c1-3-5-7-9-11-13-15-17-18-19-20-22-24-26-28-30-32-34-39(42)44-37(35-40)36-43-38(41)33-31-29-27-25-23-21-16-14-12-10-8-6-4-2/h6,8,10,12,14,16-18,37,40H,3-5,7,9,11,13,15,19-36H2,1-2H3/b8-6+,12-10+,16-14+,18-17+. The maximum atomic E-state index is 12.1. The molecule has 44 heavy (non-hydrogen) atoms. The fourth-order valence-corrected chi connectivity index (χ4v) is 4.90. The molecule has 1 unspecified atom stereocenters. The summed E-state index contributed by atoms with van der Waals surface area (Å²) in [5.74, 6) is -0.623. The van der Waals surface area contributed by atoms with Crippen LogP contribution in [0, 0.1) is 0 Å². The fraction of sp³-hybridized carbons (Fsp3) is 0.744. The van der Waals surface area contributed by atoms with E-state index in [0.717, 1.165) is 64.2 Å². The van der Waals surface area contributed by atoms with E-state index in [0.29, 0.717) is 12.8 Å². The largest absolute Gasteiger partial charge is 0.462 e. The summed E-state index contributed by atoms with van der Waals surface area (Å²) in [7, 11) is 0. The molecule has 0 radical (unpaired) electrons. The minimum atomic E-state index is -0.781. The van der Waals surface area contributed by atoms with E-state index in [1.54, 1.807) is 0 Å². The van der Waals surface area contributed by atoms with Gasteiger partial charge >= 0.3 is 11.9 Å². The Bertz CT molecular complexity index is 752. The average Bonchev–Trinajstić information content (AvgIpc) is 3.02. The second-order valence-corrected chi connectivity index (χ2v) is 12.0. The molecule has 5 nitrogen and oxygen atoms in total. The van der Waals surface area contributed by atoms with E-state index in [4.69, 9.17) is 9.47 Å². The van der Waals surface area contributed by atoms with E-state index in [-0.39, 0.29) is 25.2 Å². The summed E-state index contributed by atoms with van der Waals surface area (Å²) in [5.41, 5.74) is 0. The maximum absolute atomic E-state index is 12.1. The zero-order valence-corrected chi connectivity index (χ0v) is 28.7. The molecule has 0 saturated carbocycles. The summed E-state index contributed by atoms with van der Waals surface area (Å²) >= 11 is 0. The van der Waals surface area contributed by atoms with E-state index in [2.05, 4.69) is 56.4 Å². The van der Waals surface area contributed by atoms with Gasteiger partial charge in [-0.25, -0.2) is 0 Å². The number of unbranched alkanes of at least 4 members (excludes halogenated alkanes) is 18. The molecule has 0 aliphatic carbocycles. The lowest BCUT2D eigenvalue weighted by Gasteiger charge is -2.15. The number of hydrogen-bond acceptors (Lipinski definition) is 5. The summed E-state index contributed by atoms with van der Waals surface area (Å²) in [4.78, 5) is 24.2. The number of hydrogen-bond donors (Lipinski definition) is 1. The first-order valence-corrected chi connectivity index (χ1v) is 18.2. The van der Waals surface area contributed by atoms with Crippen molar-refractivity contribution in [3.63, 3.8) is 0 Å². The average molecular weight is 617 g/mol. The van der Waals surface area contributed by atoms with E-state index in [1.165, 1.54) is 77.0 Å². The van der Waals surface area contributed by atoms with Crippen molar-refractivity contribution in [3.8, 4) is 0 Å². The number of aliphatic hydroxyl groups is 1. The summed E-state index contributed by atoms with van der Waals surface area (Å²) < 4.78 is 10.6. The molecule has 0 rings (SSSR count). The number of rotatable bonds is 32. The van der Waals surface area contributed by atoms with Crippen LogP contribution in [0.2, 0.25) is 0 Å². The van der Waals surface area contributed by atoms with Gasteiger partial charge in [0, 0.05) is 12.8 Å². The van der Waals surface area contributed by atoms with E-state index in [1.807, 2.05) is 6.08 Å².